The van der Waals surface area contributed by atoms with Crippen molar-refractivity contribution in [2.75, 3.05) is 18.4 Å². The van der Waals surface area contributed by atoms with Gasteiger partial charge in [-0.2, -0.15) is 5.26 Å². The largest absolute Gasteiger partial charge is 0.364 e. The number of nitrogens with zero attached hydrogens (tertiary/aromatic N) is 3. The highest BCUT2D eigenvalue weighted by Crippen LogP contribution is 2.22. The van der Waals surface area contributed by atoms with E-state index in [0.29, 0.717) is 24.3 Å². The molecular formula is C15H20N4O. The lowest BCUT2D eigenvalue weighted by molar-refractivity contribution is -0.128. The van der Waals surface area contributed by atoms with Crippen LogP contribution in [0.4, 0.5) is 5.82 Å². The first-order chi connectivity index (χ1) is 9.39. The smallest absolute Gasteiger partial charge is 0.224 e. The van der Waals surface area contributed by atoms with Gasteiger partial charge in [0.1, 0.15) is 11.9 Å². The fourth-order valence-corrected chi connectivity index (χ4v) is 2.40. The Kier molecular flexibility index (Phi) is 3.93. The van der Waals surface area contributed by atoms with Crippen molar-refractivity contribution < 1.29 is 4.79 Å². The lowest BCUT2D eigenvalue weighted by Gasteiger charge is -2.26. The quantitative estimate of drug-likeness (QED) is 0.914. The first-order valence-electron chi connectivity index (χ1n) is 6.78. The van der Waals surface area contributed by atoms with Crippen molar-refractivity contribution in [3.05, 3.63) is 23.9 Å². The van der Waals surface area contributed by atoms with Crippen LogP contribution in [0.5, 0.6) is 0 Å². The molecule has 20 heavy (non-hydrogen) atoms. The number of rotatable bonds is 3. The molecule has 0 aromatic carbocycles. The van der Waals surface area contributed by atoms with Crippen molar-refractivity contribution in [2.45, 2.75) is 33.2 Å². The van der Waals surface area contributed by atoms with Crippen LogP contribution in [-0.2, 0) is 4.79 Å². The van der Waals surface area contributed by atoms with Crippen LogP contribution >= 0.6 is 0 Å². The number of carbonyl (C=O) groups is 1. The van der Waals surface area contributed by atoms with Gasteiger partial charge >= 0.3 is 0 Å². The summed E-state index contributed by atoms with van der Waals surface area (Å²) in [5, 5.41) is 12.3. The normalized spacial score (nSPS) is 19.0. The van der Waals surface area contributed by atoms with Gasteiger partial charge < -0.3 is 10.2 Å². The fourth-order valence-electron chi connectivity index (χ4n) is 2.40. The molecule has 1 aliphatic heterocycles. The number of anilines is 1. The summed E-state index contributed by atoms with van der Waals surface area (Å²) in [4.78, 5) is 18.1. The highest BCUT2D eigenvalue weighted by atomic mass is 16.2. The fraction of sp³-hybridized carbons (Fsp3) is 0.533. The van der Waals surface area contributed by atoms with Gasteiger partial charge in [0.05, 0.1) is 11.6 Å². The second kappa shape index (κ2) is 5.49. The summed E-state index contributed by atoms with van der Waals surface area (Å²) in [6.45, 7) is 7.77. The van der Waals surface area contributed by atoms with E-state index in [1.54, 1.807) is 18.3 Å². The Morgan fingerprint density at radius 1 is 1.55 bits per heavy atom. The predicted octanol–water partition coefficient (Wildman–Crippen LogP) is 2.01. The molecule has 0 unspecified atom stereocenters. The summed E-state index contributed by atoms with van der Waals surface area (Å²) in [5.74, 6) is 0.720. The molecule has 5 heteroatoms. The molecule has 2 rings (SSSR count). The monoisotopic (exact) mass is 272 g/mol. The molecule has 1 aromatic rings. The van der Waals surface area contributed by atoms with Gasteiger partial charge in [-0.15, -0.1) is 0 Å². The molecule has 1 fully saturated rings. The minimum Gasteiger partial charge on any atom is -0.364 e. The average molecular weight is 272 g/mol. The number of pyridine rings is 1. The van der Waals surface area contributed by atoms with E-state index in [-0.39, 0.29) is 17.4 Å². The van der Waals surface area contributed by atoms with Gasteiger partial charge in [0.25, 0.3) is 0 Å². The highest BCUT2D eigenvalue weighted by molar-refractivity contribution is 5.80. The van der Waals surface area contributed by atoms with Crippen LogP contribution in [0.3, 0.4) is 0 Å². The second-order valence-electron chi connectivity index (χ2n) is 6.39. The van der Waals surface area contributed by atoms with Gasteiger partial charge in [-0.3, -0.25) is 4.79 Å². The third-order valence-electron chi connectivity index (χ3n) is 3.15. The third kappa shape index (κ3) is 3.47. The van der Waals surface area contributed by atoms with Crippen LogP contribution in [-0.4, -0.2) is 34.9 Å². The number of carbonyl (C=O) groups excluding carboxylic acids is 1. The number of likely N-dealkylation sites (tertiary alicyclic amines) is 1. The molecule has 0 spiro atoms. The van der Waals surface area contributed by atoms with Crippen LogP contribution in [0.2, 0.25) is 0 Å². The Morgan fingerprint density at radius 3 is 2.95 bits per heavy atom. The second-order valence-corrected chi connectivity index (χ2v) is 6.39. The summed E-state index contributed by atoms with van der Waals surface area (Å²) in [6, 6.07) is 5.58. The first kappa shape index (κ1) is 14.3. The van der Waals surface area contributed by atoms with E-state index in [0.717, 1.165) is 6.54 Å². The summed E-state index contributed by atoms with van der Waals surface area (Å²) in [7, 11) is 0. The van der Waals surface area contributed by atoms with E-state index in [4.69, 9.17) is 5.26 Å². The Labute approximate surface area is 119 Å². The van der Waals surface area contributed by atoms with Gasteiger partial charge in [-0.1, -0.05) is 20.8 Å². The maximum absolute atomic E-state index is 12.0. The molecule has 1 saturated heterocycles. The van der Waals surface area contributed by atoms with Gasteiger partial charge in [-0.25, -0.2) is 4.98 Å². The van der Waals surface area contributed by atoms with E-state index < -0.39 is 0 Å². The van der Waals surface area contributed by atoms with Gasteiger partial charge in [0.15, 0.2) is 0 Å². The zero-order chi connectivity index (χ0) is 14.8. The average Bonchev–Trinajstić information content (AvgIpc) is 2.68. The Hall–Kier alpha value is -2.09. The number of aromatic nitrogens is 1. The molecule has 0 bridgehead atoms. The molecule has 1 amide bonds. The van der Waals surface area contributed by atoms with Gasteiger partial charge in [0, 0.05) is 25.7 Å². The van der Waals surface area contributed by atoms with Crippen molar-refractivity contribution in [1.82, 2.24) is 9.88 Å². The third-order valence-corrected chi connectivity index (χ3v) is 3.15. The number of nitriles is 1. The lowest BCUT2D eigenvalue weighted by Crippen LogP contribution is -2.35. The van der Waals surface area contributed by atoms with Crippen LogP contribution in [0.25, 0.3) is 0 Å². The number of hydrogen-bond acceptors (Lipinski definition) is 4. The van der Waals surface area contributed by atoms with Gasteiger partial charge in [-0.05, 0) is 17.5 Å². The van der Waals surface area contributed by atoms with Crippen molar-refractivity contribution in [1.29, 1.82) is 5.26 Å². The molecule has 1 aliphatic rings. The maximum atomic E-state index is 12.0. The molecule has 0 aliphatic carbocycles. The van der Waals surface area contributed by atoms with Crippen LogP contribution in [0.15, 0.2) is 18.3 Å². The van der Waals surface area contributed by atoms with E-state index in [2.05, 4.69) is 37.1 Å². The first-order valence-corrected chi connectivity index (χ1v) is 6.78. The summed E-state index contributed by atoms with van der Waals surface area (Å²) >= 11 is 0. The minimum absolute atomic E-state index is 0.0202. The number of nitrogens with one attached hydrogen (secondary N) is 1. The molecule has 1 N–H and O–H groups in total. The van der Waals surface area contributed by atoms with Crippen molar-refractivity contribution in [3.63, 3.8) is 0 Å². The molecule has 0 saturated carbocycles. The van der Waals surface area contributed by atoms with E-state index in [9.17, 15) is 4.79 Å². The topological polar surface area (TPSA) is 69.0 Å². The minimum atomic E-state index is 0.0202. The summed E-state index contributed by atoms with van der Waals surface area (Å²) in [6.07, 6.45) is 2.10. The molecule has 106 valence electrons. The van der Waals surface area contributed by atoms with Crippen LogP contribution in [0, 0.1) is 16.7 Å². The molecular weight excluding hydrogens is 252 g/mol. The van der Waals surface area contributed by atoms with Crippen molar-refractivity contribution in [3.8, 4) is 6.07 Å². The summed E-state index contributed by atoms with van der Waals surface area (Å²) < 4.78 is 0. The number of hydrogen-bond donors (Lipinski definition) is 1. The molecule has 1 aromatic heterocycles. The molecule has 5 nitrogen and oxygen atoms in total. The predicted molar refractivity (Wildman–Crippen MR) is 77.0 cm³/mol. The molecule has 1 atom stereocenters. The zero-order valence-corrected chi connectivity index (χ0v) is 12.2. The molecule has 0 radical (unpaired) electrons. The van der Waals surface area contributed by atoms with E-state index in [1.165, 1.54) is 0 Å². The lowest BCUT2D eigenvalue weighted by atomic mass is 9.96. The zero-order valence-electron chi connectivity index (χ0n) is 12.2. The van der Waals surface area contributed by atoms with Gasteiger partial charge in [0.2, 0.25) is 5.91 Å². The molecule has 2 heterocycles. The summed E-state index contributed by atoms with van der Waals surface area (Å²) in [5.41, 5.74) is 0.599. The van der Waals surface area contributed by atoms with Crippen molar-refractivity contribution >= 4 is 11.7 Å². The van der Waals surface area contributed by atoms with Crippen LogP contribution < -0.4 is 5.32 Å². The number of amides is 1. The van der Waals surface area contributed by atoms with Crippen LogP contribution in [0.1, 0.15) is 32.8 Å². The highest BCUT2D eigenvalue weighted by Gasteiger charge is 2.32. The van der Waals surface area contributed by atoms with E-state index >= 15 is 0 Å². The maximum Gasteiger partial charge on any atom is 0.224 e. The van der Waals surface area contributed by atoms with Crippen molar-refractivity contribution in [2.24, 2.45) is 5.41 Å². The standard InChI is InChI=1S/C15H20N4O/c1-15(2,3)10-19-9-12(7-13(19)20)18-14-11(8-16)5-4-6-17-14/h4-6,12H,7,9-10H2,1-3H3,(H,17,18)/t12-/m1/s1. The Morgan fingerprint density at radius 2 is 2.30 bits per heavy atom. The Balaban J connectivity index is 2.03. The van der Waals surface area contributed by atoms with E-state index in [1.807, 2.05) is 4.90 Å². The SMILES string of the molecule is CC(C)(C)CN1C[C@H](Nc2ncccc2C#N)CC1=O. The Bertz CT molecular complexity index is 542.